The number of imide groups is 1. The van der Waals surface area contributed by atoms with Crippen LogP contribution in [0.15, 0.2) is 0 Å². The molecule has 0 bridgehead atoms. The minimum atomic E-state index is -0.802. The second kappa shape index (κ2) is 6.51. The molecule has 3 N–H and O–H groups in total. The highest BCUT2D eigenvalue weighted by Gasteiger charge is 2.31. The molecule has 0 unspecified atom stereocenters. The van der Waals surface area contributed by atoms with Gasteiger partial charge in [0.15, 0.2) is 0 Å². The summed E-state index contributed by atoms with van der Waals surface area (Å²) in [6.45, 7) is 1.57. The first-order valence-corrected chi connectivity index (χ1v) is 7.06. The molecule has 0 aromatic carbocycles. The Bertz CT molecular complexity index is 365. The maximum atomic E-state index is 11.7. The Labute approximate surface area is 118 Å². The Morgan fingerprint density at radius 3 is 2.60 bits per heavy atom. The van der Waals surface area contributed by atoms with Crippen molar-refractivity contribution in [3.05, 3.63) is 0 Å². The lowest BCUT2D eigenvalue weighted by Crippen LogP contribution is -2.49. The summed E-state index contributed by atoms with van der Waals surface area (Å²) in [5.74, 6) is -0.360. The molecule has 20 heavy (non-hydrogen) atoms. The Kier molecular flexibility index (Phi) is 4.95. The van der Waals surface area contributed by atoms with Crippen molar-refractivity contribution in [1.82, 2.24) is 15.5 Å². The quantitative estimate of drug-likeness (QED) is 0.630. The molecule has 1 saturated heterocycles. The van der Waals surface area contributed by atoms with Crippen LogP contribution in [0.25, 0.3) is 0 Å². The van der Waals surface area contributed by atoms with Crippen LogP contribution in [0.2, 0.25) is 0 Å². The van der Waals surface area contributed by atoms with E-state index in [4.69, 9.17) is 4.74 Å². The lowest BCUT2D eigenvalue weighted by Gasteiger charge is -2.35. The molecule has 2 rings (SSSR count). The number of hydrogen-bond donors (Lipinski definition) is 3. The fraction of sp³-hybridized carbons (Fsp3) is 0.846. The number of ether oxygens (including phenoxy) is 1. The highest BCUT2D eigenvalue weighted by molar-refractivity contribution is 5.95. The summed E-state index contributed by atoms with van der Waals surface area (Å²) < 4.78 is 5.21. The number of likely N-dealkylation sites (N-methyl/N-ethyl adjacent to an activating group) is 1. The molecule has 1 heterocycles. The molecular weight excluding hydrogens is 262 g/mol. The van der Waals surface area contributed by atoms with Crippen molar-refractivity contribution in [2.24, 2.45) is 0 Å². The van der Waals surface area contributed by atoms with Gasteiger partial charge in [-0.1, -0.05) is 0 Å². The molecule has 0 aromatic rings. The second-order valence-corrected chi connectivity index (χ2v) is 5.80. The van der Waals surface area contributed by atoms with Gasteiger partial charge in [0.05, 0.1) is 12.1 Å². The number of urea groups is 1. The van der Waals surface area contributed by atoms with Crippen LogP contribution in [0.4, 0.5) is 4.79 Å². The van der Waals surface area contributed by atoms with Crippen LogP contribution >= 0.6 is 0 Å². The fourth-order valence-corrected chi connectivity index (χ4v) is 2.33. The van der Waals surface area contributed by atoms with E-state index in [1.54, 1.807) is 11.9 Å². The smallest absolute Gasteiger partial charge is 0.321 e. The Morgan fingerprint density at radius 1 is 1.35 bits per heavy atom. The predicted octanol–water partition coefficient (Wildman–Crippen LogP) is -0.552. The molecule has 2 aliphatic rings. The van der Waals surface area contributed by atoms with Gasteiger partial charge in [-0.15, -0.1) is 0 Å². The van der Waals surface area contributed by atoms with Gasteiger partial charge in [0.2, 0.25) is 5.91 Å². The van der Waals surface area contributed by atoms with Gasteiger partial charge in [0, 0.05) is 38.6 Å². The van der Waals surface area contributed by atoms with Crippen molar-refractivity contribution >= 4 is 11.9 Å². The molecule has 0 radical (unpaired) electrons. The molecule has 0 spiro atoms. The zero-order chi connectivity index (χ0) is 14.6. The highest BCUT2D eigenvalue weighted by atomic mass is 16.5. The molecule has 1 saturated carbocycles. The minimum Gasteiger partial charge on any atom is -0.388 e. The van der Waals surface area contributed by atoms with Crippen molar-refractivity contribution in [3.63, 3.8) is 0 Å². The summed E-state index contributed by atoms with van der Waals surface area (Å²) in [7, 11) is 1.76. The van der Waals surface area contributed by atoms with Crippen LogP contribution in [0.1, 0.15) is 25.7 Å². The van der Waals surface area contributed by atoms with Crippen LogP contribution in [0.3, 0.4) is 0 Å². The van der Waals surface area contributed by atoms with Gasteiger partial charge in [0.25, 0.3) is 0 Å². The van der Waals surface area contributed by atoms with Crippen molar-refractivity contribution in [2.75, 3.05) is 33.4 Å². The number of carbonyl (C=O) groups excluding carboxylic acids is 2. The van der Waals surface area contributed by atoms with Gasteiger partial charge < -0.3 is 15.2 Å². The van der Waals surface area contributed by atoms with Gasteiger partial charge in [-0.3, -0.25) is 15.0 Å². The Morgan fingerprint density at radius 2 is 2.00 bits per heavy atom. The fourth-order valence-electron chi connectivity index (χ4n) is 2.33. The van der Waals surface area contributed by atoms with E-state index in [-0.39, 0.29) is 18.5 Å². The number of aliphatic hydroxyl groups is 1. The summed E-state index contributed by atoms with van der Waals surface area (Å²) in [4.78, 5) is 24.8. The van der Waals surface area contributed by atoms with Gasteiger partial charge in [0.1, 0.15) is 0 Å². The van der Waals surface area contributed by atoms with Crippen LogP contribution in [-0.4, -0.2) is 66.9 Å². The average Bonchev–Trinajstić information content (AvgIpc) is 3.11. The third-order valence-corrected chi connectivity index (χ3v) is 3.57. The van der Waals surface area contributed by atoms with Gasteiger partial charge in [-0.2, -0.15) is 0 Å². The van der Waals surface area contributed by atoms with E-state index in [1.165, 1.54) is 0 Å². The standard InChI is InChI=1S/C13H23N3O4/c1-16(9-13(19)4-6-20-7-5-13)8-11(17)15-12(18)14-10-2-3-10/h10,19H,2-9H2,1H3,(H2,14,15,17,18). The average molecular weight is 285 g/mol. The van der Waals surface area contributed by atoms with Gasteiger partial charge in [-0.05, 0) is 19.9 Å². The van der Waals surface area contributed by atoms with Crippen molar-refractivity contribution in [1.29, 1.82) is 0 Å². The normalized spacial score (nSPS) is 21.6. The number of rotatable bonds is 5. The summed E-state index contributed by atoms with van der Waals surface area (Å²) in [6, 6.07) is -0.209. The zero-order valence-electron chi connectivity index (χ0n) is 11.9. The van der Waals surface area contributed by atoms with Crippen LogP contribution in [0, 0.1) is 0 Å². The number of nitrogens with zero attached hydrogens (tertiary/aromatic N) is 1. The monoisotopic (exact) mass is 285 g/mol. The molecule has 7 nitrogen and oxygen atoms in total. The highest BCUT2D eigenvalue weighted by Crippen LogP contribution is 2.21. The van der Waals surface area contributed by atoms with Crippen LogP contribution < -0.4 is 10.6 Å². The topological polar surface area (TPSA) is 90.9 Å². The molecule has 0 atom stereocenters. The van der Waals surface area contributed by atoms with E-state index in [0.717, 1.165) is 12.8 Å². The largest absolute Gasteiger partial charge is 0.388 e. The van der Waals surface area contributed by atoms with E-state index in [9.17, 15) is 14.7 Å². The summed E-state index contributed by atoms with van der Waals surface area (Å²) in [5.41, 5.74) is -0.802. The first-order valence-electron chi connectivity index (χ1n) is 7.06. The van der Waals surface area contributed by atoms with Gasteiger partial charge >= 0.3 is 6.03 Å². The van der Waals surface area contributed by atoms with E-state index in [1.807, 2.05) is 0 Å². The summed E-state index contributed by atoms with van der Waals surface area (Å²) >= 11 is 0. The van der Waals surface area contributed by atoms with Crippen molar-refractivity contribution in [3.8, 4) is 0 Å². The second-order valence-electron chi connectivity index (χ2n) is 5.80. The number of carbonyl (C=O) groups is 2. The molecule has 1 aliphatic carbocycles. The molecule has 7 heteroatoms. The Balaban J connectivity index is 1.68. The number of hydrogen-bond acceptors (Lipinski definition) is 5. The lowest BCUT2D eigenvalue weighted by atomic mass is 9.94. The SMILES string of the molecule is CN(CC(=O)NC(=O)NC1CC1)CC1(O)CCOCC1. The van der Waals surface area contributed by atoms with E-state index < -0.39 is 11.6 Å². The van der Waals surface area contributed by atoms with Crippen LogP contribution in [0.5, 0.6) is 0 Å². The third-order valence-electron chi connectivity index (χ3n) is 3.57. The zero-order valence-corrected chi connectivity index (χ0v) is 11.9. The number of amides is 3. The summed E-state index contributed by atoms with van der Waals surface area (Å²) in [6.07, 6.45) is 3.11. The first kappa shape index (κ1) is 15.2. The number of nitrogens with one attached hydrogen (secondary N) is 2. The predicted molar refractivity (Wildman–Crippen MR) is 72.2 cm³/mol. The van der Waals surface area contributed by atoms with E-state index in [0.29, 0.717) is 32.6 Å². The Hall–Kier alpha value is -1.18. The maximum Gasteiger partial charge on any atom is 0.321 e. The molecular formula is C13H23N3O4. The molecule has 0 aromatic heterocycles. The third kappa shape index (κ3) is 5.07. The van der Waals surface area contributed by atoms with E-state index >= 15 is 0 Å². The summed E-state index contributed by atoms with van der Waals surface area (Å²) in [5, 5.41) is 15.3. The van der Waals surface area contributed by atoms with E-state index in [2.05, 4.69) is 10.6 Å². The van der Waals surface area contributed by atoms with Crippen molar-refractivity contribution in [2.45, 2.75) is 37.3 Å². The minimum absolute atomic E-state index is 0.0846. The van der Waals surface area contributed by atoms with Gasteiger partial charge in [-0.25, -0.2) is 4.79 Å². The molecule has 2 fully saturated rings. The first-order chi connectivity index (χ1) is 9.47. The molecule has 3 amide bonds. The maximum absolute atomic E-state index is 11.7. The molecule has 1 aliphatic heterocycles. The van der Waals surface area contributed by atoms with Crippen molar-refractivity contribution < 1.29 is 19.4 Å². The van der Waals surface area contributed by atoms with Crippen LogP contribution in [-0.2, 0) is 9.53 Å². The lowest BCUT2D eigenvalue weighted by molar-refractivity contribution is -0.122. The molecule has 114 valence electrons.